The molecule has 0 amide bonds. The first-order valence-corrected chi connectivity index (χ1v) is 5.57. The summed E-state index contributed by atoms with van der Waals surface area (Å²) in [6.07, 6.45) is 6.47. The summed E-state index contributed by atoms with van der Waals surface area (Å²) < 4.78 is 0. The molecule has 2 atom stereocenters. The smallest absolute Gasteiger partial charge is 0.252 e. The number of H-pyrrole nitrogens is 1. The third-order valence-corrected chi connectivity index (χ3v) is 3.12. The molecule has 1 aliphatic rings. The first kappa shape index (κ1) is 10.2. The van der Waals surface area contributed by atoms with Gasteiger partial charge in [0.15, 0.2) is 0 Å². The second-order valence-corrected chi connectivity index (χ2v) is 4.31. The van der Waals surface area contributed by atoms with Gasteiger partial charge in [0.2, 0.25) is 0 Å². The van der Waals surface area contributed by atoms with Gasteiger partial charge in [-0.3, -0.25) is 4.79 Å². The summed E-state index contributed by atoms with van der Waals surface area (Å²) in [7, 11) is 0. The van der Waals surface area contributed by atoms with Crippen molar-refractivity contribution in [3.8, 4) is 0 Å². The summed E-state index contributed by atoms with van der Waals surface area (Å²) in [5.41, 5.74) is -0.101. The van der Waals surface area contributed by atoms with E-state index in [1.807, 2.05) is 0 Å². The van der Waals surface area contributed by atoms with Crippen molar-refractivity contribution in [3.63, 3.8) is 0 Å². The minimum Gasteiger partial charge on any atom is -0.367 e. The molecule has 1 aromatic rings. The highest BCUT2D eigenvalue weighted by atomic mass is 16.1. The second-order valence-electron chi connectivity index (χ2n) is 4.31. The number of aromatic amines is 1. The molecule has 0 aliphatic heterocycles. The van der Waals surface area contributed by atoms with Crippen molar-refractivity contribution in [3.05, 3.63) is 22.7 Å². The topological polar surface area (TPSA) is 57.8 Å². The number of aromatic nitrogens is 2. The van der Waals surface area contributed by atoms with E-state index in [0.29, 0.717) is 17.8 Å². The van der Waals surface area contributed by atoms with Crippen molar-refractivity contribution in [2.24, 2.45) is 5.92 Å². The molecule has 1 fully saturated rings. The fourth-order valence-electron chi connectivity index (χ4n) is 2.17. The first-order valence-electron chi connectivity index (χ1n) is 5.57. The van der Waals surface area contributed by atoms with E-state index in [9.17, 15) is 4.79 Å². The van der Waals surface area contributed by atoms with Gasteiger partial charge in [0.25, 0.3) is 5.56 Å². The minimum absolute atomic E-state index is 0.101. The lowest BCUT2D eigenvalue weighted by molar-refractivity contribution is 0.349. The van der Waals surface area contributed by atoms with Crippen LogP contribution in [0.1, 0.15) is 32.6 Å². The molecule has 2 N–H and O–H groups in total. The quantitative estimate of drug-likeness (QED) is 0.777. The fraction of sp³-hybridized carbons (Fsp3) is 0.636. The number of nitrogens with zero attached hydrogens (tertiary/aromatic N) is 1. The van der Waals surface area contributed by atoms with E-state index in [0.717, 1.165) is 0 Å². The van der Waals surface area contributed by atoms with Crippen LogP contribution in [0.25, 0.3) is 0 Å². The predicted molar refractivity (Wildman–Crippen MR) is 59.9 cm³/mol. The standard InChI is InChI=1S/C11H17N3O/c1-8-4-2-3-5-9(8)14-10-6-11(15)13-7-12-10/h6-9H,2-5H2,1H3,(H2,12,13,14,15). The average Bonchev–Trinajstić information content (AvgIpc) is 2.22. The first-order chi connectivity index (χ1) is 7.25. The van der Waals surface area contributed by atoms with Gasteiger partial charge in [-0.2, -0.15) is 0 Å². The number of hydrogen-bond donors (Lipinski definition) is 2. The molecule has 2 unspecified atom stereocenters. The Hall–Kier alpha value is -1.32. The van der Waals surface area contributed by atoms with E-state index in [2.05, 4.69) is 22.2 Å². The van der Waals surface area contributed by atoms with E-state index in [4.69, 9.17) is 0 Å². The second kappa shape index (κ2) is 4.47. The Bertz CT molecular complexity index is 374. The summed E-state index contributed by atoms with van der Waals surface area (Å²) in [5.74, 6) is 1.36. The van der Waals surface area contributed by atoms with Crippen molar-refractivity contribution in [1.82, 2.24) is 9.97 Å². The van der Waals surface area contributed by atoms with Crippen LogP contribution >= 0.6 is 0 Å². The van der Waals surface area contributed by atoms with Gasteiger partial charge >= 0.3 is 0 Å². The minimum atomic E-state index is -0.101. The summed E-state index contributed by atoms with van der Waals surface area (Å²) in [6.45, 7) is 2.25. The lowest BCUT2D eigenvalue weighted by atomic mass is 9.86. The molecular formula is C11H17N3O. The van der Waals surface area contributed by atoms with Gasteiger partial charge in [-0.25, -0.2) is 4.98 Å². The molecule has 0 radical (unpaired) electrons. The highest BCUT2D eigenvalue weighted by Crippen LogP contribution is 2.25. The zero-order valence-corrected chi connectivity index (χ0v) is 8.99. The van der Waals surface area contributed by atoms with Crippen molar-refractivity contribution in [1.29, 1.82) is 0 Å². The molecule has 1 aliphatic carbocycles. The van der Waals surface area contributed by atoms with E-state index in [-0.39, 0.29) is 5.56 Å². The van der Waals surface area contributed by atoms with Crippen molar-refractivity contribution in [2.75, 3.05) is 5.32 Å². The fourth-order valence-corrected chi connectivity index (χ4v) is 2.17. The van der Waals surface area contributed by atoms with Crippen LogP contribution in [-0.4, -0.2) is 16.0 Å². The van der Waals surface area contributed by atoms with Crippen molar-refractivity contribution >= 4 is 5.82 Å². The monoisotopic (exact) mass is 207 g/mol. The molecule has 82 valence electrons. The van der Waals surface area contributed by atoms with Crippen LogP contribution in [-0.2, 0) is 0 Å². The molecule has 0 bridgehead atoms. The van der Waals surface area contributed by atoms with Gasteiger partial charge in [-0.05, 0) is 18.8 Å². The molecule has 0 spiro atoms. The van der Waals surface area contributed by atoms with E-state index < -0.39 is 0 Å². The van der Waals surface area contributed by atoms with Crippen molar-refractivity contribution < 1.29 is 0 Å². The molecule has 15 heavy (non-hydrogen) atoms. The van der Waals surface area contributed by atoms with Gasteiger partial charge in [0.1, 0.15) is 5.82 Å². The number of hydrogen-bond acceptors (Lipinski definition) is 3. The summed E-state index contributed by atoms with van der Waals surface area (Å²) >= 11 is 0. The molecule has 1 saturated carbocycles. The van der Waals surface area contributed by atoms with Crippen LogP contribution in [0.3, 0.4) is 0 Å². The zero-order chi connectivity index (χ0) is 10.7. The molecule has 2 rings (SSSR count). The molecule has 0 aromatic carbocycles. The average molecular weight is 207 g/mol. The van der Waals surface area contributed by atoms with Crippen LogP contribution in [0.4, 0.5) is 5.82 Å². The Morgan fingerprint density at radius 2 is 2.27 bits per heavy atom. The summed E-state index contributed by atoms with van der Waals surface area (Å²) in [6, 6.07) is 1.98. The Labute approximate surface area is 89.1 Å². The third-order valence-electron chi connectivity index (χ3n) is 3.12. The van der Waals surface area contributed by atoms with Gasteiger partial charge in [-0.1, -0.05) is 19.8 Å². The maximum absolute atomic E-state index is 11.1. The third kappa shape index (κ3) is 2.58. The number of rotatable bonds is 2. The van der Waals surface area contributed by atoms with Gasteiger partial charge in [0.05, 0.1) is 6.33 Å². The van der Waals surface area contributed by atoms with E-state index >= 15 is 0 Å². The summed E-state index contributed by atoms with van der Waals surface area (Å²) in [4.78, 5) is 17.7. The van der Waals surface area contributed by atoms with Crippen LogP contribution in [0.5, 0.6) is 0 Å². The highest BCUT2D eigenvalue weighted by Gasteiger charge is 2.21. The molecule has 0 saturated heterocycles. The Morgan fingerprint density at radius 3 is 3.00 bits per heavy atom. The number of nitrogens with one attached hydrogen (secondary N) is 2. The van der Waals surface area contributed by atoms with Gasteiger partial charge in [0, 0.05) is 12.1 Å². The van der Waals surface area contributed by atoms with Gasteiger partial charge < -0.3 is 10.3 Å². The maximum atomic E-state index is 11.1. The molecule has 1 aromatic heterocycles. The molecule has 1 heterocycles. The maximum Gasteiger partial charge on any atom is 0.252 e. The Kier molecular flexibility index (Phi) is 3.04. The van der Waals surface area contributed by atoms with Crippen LogP contribution in [0.15, 0.2) is 17.2 Å². The van der Waals surface area contributed by atoms with Crippen LogP contribution in [0.2, 0.25) is 0 Å². The van der Waals surface area contributed by atoms with E-state index in [1.165, 1.54) is 38.1 Å². The lowest BCUT2D eigenvalue weighted by Gasteiger charge is -2.29. The van der Waals surface area contributed by atoms with Gasteiger partial charge in [-0.15, -0.1) is 0 Å². The van der Waals surface area contributed by atoms with Crippen LogP contribution < -0.4 is 10.9 Å². The summed E-state index contributed by atoms with van der Waals surface area (Å²) in [5, 5.41) is 3.34. The lowest BCUT2D eigenvalue weighted by Crippen LogP contribution is -2.31. The largest absolute Gasteiger partial charge is 0.367 e. The Balaban J connectivity index is 2.04. The molecule has 4 heteroatoms. The number of anilines is 1. The molecule has 4 nitrogen and oxygen atoms in total. The van der Waals surface area contributed by atoms with Crippen molar-refractivity contribution in [2.45, 2.75) is 38.6 Å². The predicted octanol–water partition coefficient (Wildman–Crippen LogP) is 1.76. The highest BCUT2D eigenvalue weighted by molar-refractivity contribution is 5.33. The SMILES string of the molecule is CC1CCCCC1Nc1cc(=O)[nH]cn1. The van der Waals surface area contributed by atoms with E-state index in [1.54, 1.807) is 0 Å². The van der Waals surface area contributed by atoms with Crippen LogP contribution in [0, 0.1) is 5.92 Å². The zero-order valence-electron chi connectivity index (χ0n) is 8.99. The Morgan fingerprint density at radius 1 is 1.47 bits per heavy atom. The normalized spacial score (nSPS) is 26.2. The molecular weight excluding hydrogens is 190 g/mol.